The summed E-state index contributed by atoms with van der Waals surface area (Å²) >= 11 is 1.49. The third-order valence-corrected chi connectivity index (χ3v) is 5.95. The van der Waals surface area contributed by atoms with E-state index in [-0.39, 0.29) is 12.0 Å². The van der Waals surface area contributed by atoms with Gasteiger partial charge in [-0.1, -0.05) is 6.92 Å². The predicted octanol–water partition coefficient (Wildman–Crippen LogP) is 3.35. The van der Waals surface area contributed by atoms with Crippen molar-refractivity contribution < 1.29 is 9.53 Å². The van der Waals surface area contributed by atoms with Crippen molar-refractivity contribution >= 4 is 17.2 Å². The summed E-state index contributed by atoms with van der Waals surface area (Å²) in [6, 6.07) is 7.85. The zero-order valence-electron chi connectivity index (χ0n) is 17.7. The number of nitrogens with one attached hydrogen (secondary N) is 1. The van der Waals surface area contributed by atoms with E-state index in [1.807, 2.05) is 43.5 Å². The van der Waals surface area contributed by atoms with Crippen molar-refractivity contribution in [2.24, 2.45) is 0 Å². The van der Waals surface area contributed by atoms with Crippen molar-refractivity contribution in [3.05, 3.63) is 35.3 Å². The number of benzene rings is 1. The number of nitrogens with zero attached hydrogens (tertiary/aromatic N) is 3. The Morgan fingerprint density at radius 3 is 2.52 bits per heavy atom. The SMILES string of the molecule is CCN1CCN(CCCNC(=O)c2csc(-c3ccc(OC(C)C)cc3)n2)CC1. The van der Waals surface area contributed by atoms with E-state index in [1.54, 1.807) is 0 Å². The van der Waals surface area contributed by atoms with Crippen LogP contribution in [-0.4, -0.2) is 72.6 Å². The number of hydrogen-bond donors (Lipinski definition) is 1. The molecule has 7 heteroatoms. The molecule has 6 nitrogen and oxygen atoms in total. The van der Waals surface area contributed by atoms with E-state index in [1.165, 1.54) is 11.3 Å². The molecule has 158 valence electrons. The molecule has 1 amide bonds. The van der Waals surface area contributed by atoms with Gasteiger partial charge in [0.15, 0.2) is 0 Å². The van der Waals surface area contributed by atoms with Crippen LogP contribution in [0.4, 0.5) is 0 Å². The summed E-state index contributed by atoms with van der Waals surface area (Å²) in [4.78, 5) is 21.9. The average molecular weight is 417 g/mol. The summed E-state index contributed by atoms with van der Waals surface area (Å²) in [6.07, 6.45) is 1.11. The number of carbonyl (C=O) groups excluding carboxylic acids is 1. The maximum Gasteiger partial charge on any atom is 0.270 e. The van der Waals surface area contributed by atoms with Crippen molar-refractivity contribution in [2.75, 3.05) is 45.8 Å². The number of carbonyl (C=O) groups is 1. The highest BCUT2D eigenvalue weighted by atomic mass is 32.1. The standard InChI is InChI=1S/C22H32N4O2S/c1-4-25-12-14-26(15-13-25)11-5-10-23-21(27)20-16-29-22(24-20)18-6-8-19(9-7-18)28-17(2)3/h6-9,16-17H,4-5,10-15H2,1-3H3,(H,23,27). The zero-order valence-corrected chi connectivity index (χ0v) is 18.5. The van der Waals surface area contributed by atoms with Crippen LogP contribution in [-0.2, 0) is 0 Å². The first-order chi connectivity index (χ1) is 14.0. The van der Waals surface area contributed by atoms with E-state index in [0.29, 0.717) is 12.2 Å². The molecule has 0 bridgehead atoms. The second-order valence-electron chi connectivity index (χ2n) is 7.61. The summed E-state index contributed by atoms with van der Waals surface area (Å²) in [5.74, 6) is 0.748. The lowest BCUT2D eigenvalue weighted by atomic mass is 10.2. The smallest absolute Gasteiger partial charge is 0.270 e. The number of aromatic nitrogens is 1. The first-order valence-electron chi connectivity index (χ1n) is 10.5. The van der Waals surface area contributed by atoms with Crippen molar-refractivity contribution in [3.8, 4) is 16.3 Å². The van der Waals surface area contributed by atoms with Gasteiger partial charge in [0.25, 0.3) is 5.91 Å². The summed E-state index contributed by atoms with van der Waals surface area (Å²) < 4.78 is 5.67. The third-order valence-electron chi connectivity index (χ3n) is 5.06. The van der Waals surface area contributed by atoms with Crippen molar-refractivity contribution in [2.45, 2.75) is 33.3 Å². The number of likely N-dealkylation sites (N-methyl/N-ethyl adjacent to an activating group) is 1. The maximum absolute atomic E-state index is 12.4. The fourth-order valence-electron chi connectivity index (χ4n) is 3.38. The predicted molar refractivity (Wildman–Crippen MR) is 119 cm³/mol. The van der Waals surface area contributed by atoms with Crippen molar-refractivity contribution in [1.82, 2.24) is 20.1 Å². The van der Waals surface area contributed by atoms with Crippen LogP contribution in [0.25, 0.3) is 10.6 Å². The first kappa shape index (κ1) is 21.7. The van der Waals surface area contributed by atoms with Crippen LogP contribution in [0.3, 0.4) is 0 Å². The molecule has 1 aliphatic heterocycles. The van der Waals surface area contributed by atoms with Crippen LogP contribution >= 0.6 is 11.3 Å². The molecule has 2 aromatic rings. The summed E-state index contributed by atoms with van der Waals surface area (Å²) in [7, 11) is 0. The van der Waals surface area contributed by atoms with Crippen LogP contribution in [0.5, 0.6) is 5.75 Å². The summed E-state index contributed by atoms with van der Waals surface area (Å²) in [6.45, 7) is 13.6. The molecule has 0 aliphatic carbocycles. The summed E-state index contributed by atoms with van der Waals surface area (Å²) in [5, 5.41) is 5.68. The monoisotopic (exact) mass is 416 g/mol. The molecule has 1 aromatic carbocycles. The van der Waals surface area contributed by atoms with E-state index in [0.717, 1.165) is 62.0 Å². The maximum atomic E-state index is 12.4. The third kappa shape index (κ3) is 6.52. The summed E-state index contributed by atoms with van der Waals surface area (Å²) in [5.41, 5.74) is 1.49. The Bertz CT molecular complexity index is 767. The molecule has 0 atom stereocenters. The lowest BCUT2D eigenvalue weighted by Crippen LogP contribution is -2.46. The van der Waals surface area contributed by atoms with Gasteiger partial charge in [0.1, 0.15) is 16.5 Å². The van der Waals surface area contributed by atoms with E-state index >= 15 is 0 Å². The van der Waals surface area contributed by atoms with Gasteiger partial charge in [-0.25, -0.2) is 4.98 Å². The van der Waals surface area contributed by atoms with Gasteiger partial charge in [-0.05, 0) is 57.6 Å². The van der Waals surface area contributed by atoms with Crippen LogP contribution in [0.2, 0.25) is 0 Å². The van der Waals surface area contributed by atoms with Crippen LogP contribution in [0.1, 0.15) is 37.7 Å². The minimum absolute atomic E-state index is 0.0944. The largest absolute Gasteiger partial charge is 0.491 e. The van der Waals surface area contributed by atoms with Crippen LogP contribution < -0.4 is 10.1 Å². The fraction of sp³-hybridized carbons (Fsp3) is 0.545. The molecular formula is C22H32N4O2S. The topological polar surface area (TPSA) is 57.7 Å². The Hall–Kier alpha value is -1.96. The highest BCUT2D eigenvalue weighted by Crippen LogP contribution is 2.26. The molecule has 0 spiro atoms. The number of amides is 1. The molecule has 1 N–H and O–H groups in total. The van der Waals surface area contributed by atoms with E-state index < -0.39 is 0 Å². The van der Waals surface area contributed by atoms with Gasteiger partial charge >= 0.3 is 0 Å². The molecule has 3 rings (SSSR count). The van der Waals surface area contributed by atoms with E-state index in [2.05, 4.69) is 27.0 Å². The molecular weight excluding hydrogens is 384 g/mol. The number of thiazole rings is 1. The molecule has 29 heavy (non-hydrogen) atoms. The van der Waals surface area contributed by atoms with Gasteiger partial charge in [-0.3, -0.25) is 4.79 Å². The van der Waals surface area contributed by atoms with Gasteiger partial charge in [-0.2, -0.15) is 0 Å². The second kappa shape index (κ2) is 10.7. The highest BCUT2D eigenvalue weighted by Gasteiger charge is 2.15. The molecule has 0 radical (unpaired) electrons. The Morgan fingerprint density at radius 2 is 1.86 bits per heavy atom. The Balaban J connectivity index is 1.42. The minimum Gasteiger partial charge on any atom is -0.491 e. The first-order valence-corrected chi connectivity index (χ1v) is 11.4. The van der Waals surface area contributed by atoms with Crippen molar-refractivity contribution in [3.63, 3.8) is 0 Å². The van der Waals surface area contributed by atoms with Gasteiger partial charge < -0.3 is 19.9 Å². The molecule has 2 heterocycles. The van der Waals surface area contributed by atoms with Gasteiger partial charge in [0.2, 0.25) is 0 Å². The zero-order chi connectivity index (χ0) is 20.6. The molecule has 1 aromatic heterocycles. The Labute approximate surface area is 177 Å². The average Bonchev–Trinajstić information content (AvgIpc) is 3.22. The van der Waals surface area contributed by atoms with Gasteiger partial charge in [0.05, 0.1) is 6.10 Å². The Morgan fingerprint density at radius 1 is 1.17 bits per heavy atom. The highest BCUT2D eigenvalue weighted by molar-refractivity contribution is 7.13. The Kier molecular flexibility index (Phi) is 8.03. The van der Waals surface area contributed by atoms with E-state index in [4.69, 9.17) is 4.74 Å². The van der Waals surface area contributed by atoms with Crippen LogP contribution in [0.15, 0.2) is 29.6 Å². The molecule has 1 saturated heterocycles. The second-order valence-corrected chi connectivity index (χ2v) is 8.47. The molecule has 1 aliphatic rings. The molecule has 1 fully saturated rings. The normalized spacial score (nSPS) is 15.6. The fourth-order valence-corrected chi connectivity index (χ4v) is 4.19. The lowest BCUT2D eigenvalue weighted by molar-refractivity contribution is 0.0944. The number of hydrogen-bond acceptors (Lipinski definition) is 6. The van der Waals surface area contributed by atoms with E-state index in [9.17, 15) is 4.79 Å². The minimum atomic E-state index is -0.0944. The number of ether oxygens (including phenoxy) is 1. The van der Waals surface area contributed by atoms with Crippen LogP contribution in [0, 0.1) is 0 Å². The van der Waals surface area contributed by atoms with Gasteiger partial charge in [0, 0.05) is 43.7 Å². The molecule has 0 saturated carbocycles. The van der Waals surface area contributed by atoms with Gasteiger partial charge in [-0.15, -0.1) is 11.3 Å². The molecule has 0 unspecified atom stereocenters. The number of piperazine rings is 1. The van der Waals surface area contributed by atoms with Crippen molar-refractivity contribution in [1.29, 1.82) is 0 Å². The lowest BCUT2D eigenvalue weighted by Gasteiger charge is -2.33. The quantitative estimate of drug-likeness (QED) is 0.635. The number of rotatable bonds is 9.